The Hall–Kier alpha value is -2.65. The zero-order chi connectivity index (χ0) is 21.4. The number of nitrogens with two attached hydrogens (primary N) is 1. The summed E-state index contributed by atoms with van der Waals surface area (Å²) in [6.07, 6.45) is 2.74. The molecule has 7 nitrogen and oxygen atoms in total. The maximum Gasteiger partial charge on any atom is 0.353 e. The molecule has 2 heterocycles. The number of hydrogen-bond acceptors (Lipinski definition) is 4. The lowest BCUT2D eigenvalue weighted by molar-refractivity contribution is -0.464. The molecule has 1 aliphatic heterocycles. The predicted molar refractivity (Wildman–Crippen MR) is 103 cm³/mol. The van der Waals surface area contributed by atoms with Crippen LogP contribution in [0.4, 0.5) is 14.5 Å². The van der Waals surface area contributed by atoms with Crippen molar-refractivity contribution in [3.05, 3.63) is 47.3 Å². The summed E-state index contributed by atoms with van der Waals surface area (Å²) >= 11 is 0. The van der Waals surface area contributed by atoms with Gasteiger partial charge < -0.3 is 10.6 Å². The number of hydrogen-bond donors (Lipinski definition) is 4. The number of benzene rings is 1. The van der Waals surface area contributed by atoms with Crippen LogP contribution in [0.15, 0.2) is 24.4 Å². The number of rotatable bonds is 4. The standard InChI is InChI=1S/C20H25F2N5O2/c1-19(2)8-11(9-20(3,4)27-19)24-18(29)16-14(10-23-26-16)25-17(28)15-12(21)6-5-7-13(15)22/h5-7,10-11,27H,8-9H2,1-4H3,(H,23,26)(H,24,29)(H,25,28)/p+1. The van der Waals surface area contributed by atoms with Gasteiger partial charge in [0.2, 0.25) is 0 Å². The highest BCUT2D eigenvalue weighted by atomic mass is 19.1. The van der Waals surface area contributed by atoms with E-state index in [1.54, 1.807) is 0 Å². The van der Waals surface area contributed by atoms with E-state index < -0.39 is 29.0 Å². The SMILES string of the molecule is CC1(C)CC(NC(=O)c2[nH]ncc2[NH2+]C(=O)c2c(F)cccc2F)CC(C)(C)N1. The number of nitrogens with one attached hydrogen (secondary N) is 3. The lowest BCUT2D eigenvalue weighted by Gasteiger charge is -2.46. The summed E-state index contributed by atoms with van der Waals surface area (Å²) in [5.74, 6) is -3.21. The van der Waals surface area contributed by atoms with Crippen LogP contribution in [-0.2, 0) is 0 Å². The monoisotopic (exact) mass is 406 g/mol. The molecule has 9 heteroatoms. The van der Waals surface area contributed by atoms with Crippen molar-refractivity contribution in [2.75, 3.05) is 0 Å². The fourth-order valence-corrected chi connectivity index (χ4v) is 4.22. The van der Waals surface area contributed by atoms with E-state index in [-0.39, 0.29) is 28.5 Å². The molecule has 156 valence electrons. The van der Waals surface area contributed by atoms with Gasteiger partial charge in [-0.2, -0.15) is 5.10 Å². The van der Waals surface area contributed by atoms with Gasteiger partial charge in [0, 0.05) is 17.1 Å². The number of primary amides is 1. The largest absolute Gasteiger partial charge is 0.353 e. The van der Waals surface area contributed by atoms with Crippen LogP contribution in [0.1, 0.15) is 61.4 Å². The molecule has 2 amide bonds. The highest BCUT2D eigenvalue weighted by molar-refractivity contribution is 5.97. The summed E-state index contributed by atoms with van der Waals surface area (Å²) in [6.45, 7) is 8.29. The van der Waals surface area contributed by atoms with Crippen molar-refractivity contribution in [2.24, 2.45) is 0 Å². The van der Waals surface area contributed by atoms with Gasteiger partial charge in [-0.25, -0.2) is 18.9 Å². The van der Waals surface area contributed by atoms with Crippen LogP contribution >= 0.6 is 0 Å². The molecule has 0 atom stereocenters. The molecule has 0 spiro atoms. The molecule has 1 fully saturated rings. The van der Waals surface area contributed by atoms with Crippen LogP contribution in [0.5, 0.6) is 0 Å². The first-order chi connectivity index (χ1) is 13.5. The lowest BCUT2D eigenvalue weighted by atomic mass is 9.79. The Morgan fingerprint density at radius 3 is 2.31 bits per heavy atom. The highest BCUT2D eigenvalue weighted by Crippen LogP contribution is 2.28. The zero-order valence-electron chi connectivity index (χ0n) is 16.9. The van der Waals surface area contributed by atoms with Gasteiger partial charge in [0.25, 0.3) is 5.91 Å². The summed E-state index contributed by atoms with van der Waals surface area (Å²) in [7, 11) is 0. The van der Waals surface area contributed by atoms with Gasteiger partial charge in [0.05, 0.1) is 0 Å². The Balaban J connectivity index is 1.74. The van der Waals surface area contributed by atoms with Crippen molar-refractivity contribution in [2.45, 2.75) is 57.7 Å². The molecule has 1 aromatic carbocycles. The number of carbonyl (C=O) groups is 2. The van der Waals surface area contributed by atoms with Gasteiger partial charge in [0.15, 0.2) is 16.9 Å². The maximum absolute atomic E-state index is 13.9. The third-order valence-corrected chi connectivity index (χ3v) is 4.92. The summed E-state index contributed by atoms with van der Waals surface area (Å²) in [6, 6.07) is 3.12. The van der Waals surface area contributed by atoms with E-state index in [0.29, 0.717) is 0 Å². The van der Waals surface area contributed by atoms with Gasteiger partial charge in [-0.3, -0.25) is 9.89 Å². The van der Waals surface area contributed by atoms with Crippen molar-refractivity contribution < 1.29 is 23.7 Å². The fourth-order valence-electron chi connectivity index (χ4n) is 4.22. The fraction of sp³-hybridized carbons (Fsp3) is 0.450. The number of nitrogens with zero attached hydrogens (tertiary/aromatic N) is 1. The number of halogens is 2. The second kappa shape index (κ2) is 7.64. The molecule has 1 saturated heterocycles. The first kappa shape index (κ1) is 21.1. The van der Waals surface area contributed by atoms with E-state index in [2.05, 4.69) is 48.5 Å². The Morgan fingerprint density at radius 2 is 1.72 bits per heavy atom. The molecule has 0 aliphatic carbocycles. The van der Waals surface area contributed by atoms with Crippen molar-refractivity contribution in [1.29, 1.82) is 0 Å². The van der Waals surface area contributed by atoms with E-state index >= 15 is 0 Å². The summed E-state index contributed by atoms with van der Waals surface area (Å²) in [5, 5.41) is 13.9. The molecule has 1 aromatic heterocycles. The van der Waals surface area contributed by atoms with E-state index in [1.165, 1.54) is 12.3 Å². The second-order valence-electron chi connectivity index (χ2n) is 8.78. The van der Waals surface area contributed by atoms with Crippen LogP contribution in [0.3, 0.4) is 0 Å². The van der Waals surface area contributed by atoms with Crippen LogP contribution in [0.25, 0.3) is 0 Å². The number of aromatic amines is 1. The summed E-state index contributed by atoms with van der Waals surface area (Å²) in [4.78, 5) is 25.2. The Morgan fingerprint density at radius 1 is 1.14 bits per heavy atom. The topological polar surface area (TPSA) is 103 Å². The molecule has 0 radical (unpaired) electrons. The van der Waals surface area contributed by atoms with E-state index in [4.69, 9.17) is 0 Å². The molecular weight excluding hydrogens is 380 g/mol. The van der Waals surface area contributed by atoms with Crippen molar-refractivity contribution in [3.8, 4) is 0 Å². The average molecular weight is 406 g/mol. The zero-order valence-corrected chi connectivity index (χ0v) is 16.9. The quantitative estimate of drug-likeness (QED) is 0.621. The maximum atomic E-state index is 13.9. The van der Waals surface area contributed by atoms with Crippen LogP contribution in [-0.4, -0.2) is 39.1 Å². The van der Waals surface area contributed by atoms with Gasteiger partial charge in [-0.05, 0) is 52.7 Å². The van der Waals surface area contributed by atoms with E-state index in [0.717, 1.165) is 30.3 Å². The summed E-state index contributed by atoms with van der Waals surface area (Å²) < 4.78 is 27.7. The number of aromatic nitrogens is 2. The van der Waals surface area contributed by atoms with Crippen molar-refractivity contribution >= 4 is 17.5 Å². The first-order valence-electron chi connectivity index (χ1n) is 9.44. The average Bonchev–Trinajstić information content (AvgIpc) is 2.99. The molecule has 2 aromatic rings. The molecule has 0 unspecified atom stereocenters. The number of H-pyrrole nitrogens is 1. The Bertz CT molecular complexity index is 902. The molecule has 3 rings (SSSR count). The molecule has 0 saturated carbocycles. The number of piperidine rings is 1. The van der Waals surface area contributed by atoms with Crippen LogP contribution in [0.2, 0.25) is 0 Å². The van der Waals surface area contributed by atoms with Gasteiger partial charge in [0.1, 0.15) is 17.8 Å². The van der Waals surface area contributed by atoms with Gasteiger partial charge >= 0.3 is 5.91 Å². The van der Waals surface area contributed by atoms with Crippen LogP contribution < -0.4 is 16.0 Å². The third kappa shape index (κ3) is 4.86. The van der Waals surface area contributed by atoms with E-state index in [9.17, 15) is 18.4 Å². The van der Waals surface area contributed by atoms with Gasteiger partial charge in [-0.15, -0.1) is 0 Å². The van der Waals surface area contributed by atoms with Crippen molar-refractivity contribution in [1.82, 2.24) is 20.8 Å². The molecule has 1 aliphatic rings. The lowest BCUT2D eigenvalue weighted by Crippen LogP contribution is -2.83. The van der Waals surface area contributed by atoms with E-state index in [1.807, 2.05) is 0 Å². The smallest absolute Gasteiger partial charge is 0.348 e. The number of amides is 2. The minimum Gasteiger partial charge on any atom is -0.348 e. The number of quaternary nitrogens is 1. The van der Waals surface area contributed by atoms with Crippen LogP contribution in [0, 0.1) is 11.6 Å². The minimum absolute atomic E-state index is 0.0734. The Kier molecular flexibility index (Phi) is 5.55. The Labute approximate surface area is 167 Å². The minimum atomic E-state index is -0.958. The normalized spacial score (nSPS) is 18.4. The van der Waals surface area contributed by atoms with Gasteiger partial charge in [-0.1, -0.05) is 6.07 Å². The third-order valence-electron chi connectivity index (χ3n) is 4.92. The molecule has 29 heavy (non-hydrogen) atoms. The first-order valence-corrected chi connectivity index (χ1v) is 9.44. The highest BCUT2D eigenvalue weighted by Gasteiger charge is 2.38. The molecule has 0 bridgehead atoms. The molecule has 5 N–H and O–H groups in total. The summed E-state index contributed by atoms with van der Waals surface area (Å²) in [5.41, 5.74) is -0.726. The molecular formula is C20H26F2N5O2+. The van der Waals surface area contributed by atoms with Crippen molar-refractivity contribution in [3.63, 3.8) is 0 Å². The number of carbonyl (C=O) groups excluding carboxylic acids is 2. The predicted octanol–water partition coefficient (Wildman–Crippen LogP) is 1.76. The second-order valence-corrected chi connectivity index (χ2v) is 8.78.